The van der Waals surface area contributed by atoms with Crippen molar-refractivity contribution in [3.05, 3.63) is 39.4 Å². The van der Waals surface area contributed by atoms with Gasteiger partial charge in [-0.2, -0.15) is 0 Å². The smallest absolute Gasteiger partial charge is 0.271 e. The van der Waals surface area contributed by atoms with E-state index in [9.17, 15) is 10.1 Å². The van der Waals surface area contributed by atoms with E-state index in [4.69, 9.17) is 0 Å². The zero-order valence-electron chi connectivity index (χ0n) is 10.5. The fraction of sp³-hybridized carbons (Fsp3) is 0.308. The second-order valence-corrected chi connectivity index (χ2v) is 5.71. The Morgan fingerprint density at radius 1 is 1.47 bits per heavy atom. The second kappa shape index (κ2) is 4.71. The summed E-state index contributed by atoms with van der Waals surface area (Å²) in [6.45, 7) is 1.96. The van der Waals surface area contributed by atoms with Crippen LogP contribution in [0.25, 0.3) is 15.8 Å². The standard InChI is InChI=1S/C13H13N3O2S/c1-15-6-2-3-9(8-15)13-14-11-7-10(16(17)18)4-5-12(11)19-13/h3-5,7H,2,6,8H2,1H3. The third kappa shape index (κ3) is 2.36. The minimum atomic E-state index is -0.383. The Labute approximate surface area is 114 Å². The van der Waals surface area contributed by atoms with E-state index in [1.165, 1.54) is 11.6 Å². The number of hydrogen-bond donors (Lipinski definition) is 0. The fourth-order valence-corrected chi connectivity index (χ4v) is 3.19. The van der Waals surface area contributed by atoms with Crippen LogP contribution in [0.2, 0.25) is 0 Å². The van der Waals surface area contributed by atoms with Gasteiger partial charge in [-0.25, -0.2) is 4.98 Å². The number of thiazole rings is 1. The molecule has 1 aliphatic rings. The first-order valence-electron chi connectivity index (χ1n) is 6.06. The van der Waals surface area contributed by atoms with E-state index in [0.29, 0.717) is 5.52 Å². The van der Waals surface area contributed by atoms with Gasteiger partial charge in [0.25, 0.3) is 5.69 Å². The number of likely N-dealkylation sites (N-methyl/N-ethyl adjacent to an activating group) is 1. The number of hydrogen-bond acceptors (Lipinski definition) is 5. The van der Waals surface area contributed by atoms with Gasteiger partial charge in [0.2, 0.25) is 0 Å². The molecule has 1 aromatic heterocycles. The van der Waals surface area contributed by atoms with Crippen molar-refractivity contribution in [2.75, 3.05) is 20.1 Å². The van der Waals surface area contributed by atoms with Gasteiger partial charge >= 0.3 is 0 Å². The van der Waals surface area contributed by atoms with Crippen molar-refractivity contribution in [3.63, 3.8) is 0 Å². The van der Waals surface area contributed by atoms with Gasteiger partial charge in [-0.1, -0.05) is 6.08 Å². The van der Waals surface area contributed by atoms with Crippen LogP contribution in [0, 0.1) is 10.1 Å². The molecule has 0 saturated heterocycles. The number of nitrogens with zero attached hydrogens (tertiary/aromatic N) is 3. The van der Waals surface area contributed by atoms with Crippen LogP contribution in [-0.2, 0) is 0 Å². The minimum absolute atomic E-state index is 0.0964. The van der Waals surface area contributed by atoms with Crippen molar-refractivity contribution in [2.24, 2.45) is 0 Å². The van der Waals surface area contributed by atoms with Crippen molar-refractivity contribution in [1.82, 2.24) is 9.88 Å². The summed E-state index contributed by atoms with van der Waals surface area (Å²) in [7, 11) is 2.09. The molecule has 1 aromatic carbocycles. The lowest BCUT2D eigenvalue weighted by Crippen LogP contribution is -2.24. The first kappa shape index (κ1) is 12.3. The number of rotatable bonds is 2. The Hall–Kier alpha value is -1.79. The van der Waals surface area contributed by atoms with Crippen LogP contribution in [0.1, 0.15) is 11.4 Å². The van der Waals surface area contributed by atoms with E-state index in [-0.39, 0.29) is 10.6 Å². The van der Waals surface area contributed by atoms with E-state index in [1.54, 1.807) is 23.5 Å². The molecule has 0 atom stereocenters. The largest absolute Gasteiger partial charge is 0.302 e. The zero-order chi connectivity index (χ0) is 13.4. The molecule has 0 unspecified atom stereocenters. The van der Waals surface area contributed by atoms with Crippen molar-refractivity contribution >= 4 is 32.8 Å². The molecule has 1 aliphatic heterocycles. The van der Waals surface area contributed by atoms with Gasteiger partial charge < -0.3 is 4.90 Å². The quantitative estimate of drug-likeness (QED) is 0.624. The molecule has 19 heavy (non-hydrogen) atoms. The molecule has 2 heterocycles. The Morgan fingerprint density at radius 2 is 2.32 bits per heavy atom. The Bertz CT molecular complexity index is 678. The Balaban J connectivity index is 2.02. The molecule has 6 heteroatoms. The van der Waals surface area contributed by atoms with Crippen LogP contribution < -0.4 is 0 Å². The average molecular weight is 275 g/mol. The molecule has 0 fully saturated rings. The molecule has 0 spiro atoms. The number of nitro benzene ring substituents is 1. The molecular weight excluding hydrogens is 262 g/mol. The monoisotopic (exact) mass is 275 g/mol. The molecule has 0 aliphatic carbocycles. The predicted molar refractivity (Wildman–Crippen MR) is 76.4 cm³/mol. The molecule has 0 saturated carbocycles. The zero-order valence-corrected chi connectivity index (χ0v) is 11.3. The van der Waals surface area contributed by atoms with E-state index >= 15 is 0 Å². The predicted octanol–water partition coefficient (Wildman–Crippen LogP) is 2.92. The van der Waals surface area contributed by atoms with Gasteiger partial charge in [-0.3, -0.25) is 10.1 Å². The maximum Gasteiger partial charge on any atom is 0.271 e. The van der Waals surface area contributed by atoms with E-state index in [2.05, 4.69) is 23.0 Å². The summed E-state index contributed by atoms with van der Waals surface area (Å²) in [5.41, 5.74) is 2.03. The molecular formula is C13H13N3O2S. The van der Waals surface area contributed by atoms with Crippen LogP contribution in [0.4, 0.5) is 5.69 Å². The summed E-state index contributed by atoms with van der Waals surface area (Å²) in [6, 6.07) is 4.86. The summed E-state index contributed by atoms with van der Waals surface area (Å²) in [5.74, 6) is 0. The number of fused-ring (bicyclic) bond motifs is 1. The summed E-state index contributed by atoms with van der Waals surface area (Å²) in [5, 5.41) is 11.7. The molecule has 0 N–H and O–H groups in total. The minimum Gasteiger partial charge on any atom is -0.302 e. The van der Waals surface area contributed by atoms with Gasteiger partial charge in [0, 0.05) is 25.2 Å². The van der Waals surface area contributed by atoms with Gasteiger partial charge in [0.05, 0.1) is 15.1 Å². The molecule has 0 amide bonds. The molecule has 2 aromatic rings. The van der Waals surface area contributed by atoms with Crippen molar-refractivity contribution in [1.29, 1.82) is 0 Å². The number of aromatic nitrogens is 1. The van der Waals surface area contributed by atoms with Gasteiger partial charge in [0.15, 0.2) is 0 Å². The van der Waals surface area contributed by atoms with Crippen LogP contribution in [0.5, 0.6) is 0 Å². The first-order chi connectivity index (χ1) is 9.13. The van der Waals surface area contributed by atoms with Crippen LogP contribution in [0.3, 0.4) is 0 Å². The van der Waals surface area contributed by atoms with E-state index in [1.807, 2.05) is 0 Å². The molecule has 3 rings (SSSR count). The summed E-state index contributed by atoms with van der Waals surface area (Å²) in [6.07, 6.45) is 3.24. The number of benzene rings is 1. The normalized spacial score (nSPS) is 16.6. The SMILES string of the molecule is CN1CCC=C(c2nc3cc([N+](=O)[O-])ccc3s2)C1. The van der Waals surface area contributed by atoms with Gasteiger partial charge in [0.1, 0.15) is 5.01 Å². The van der Waals surface area contributed by atoms with Crippen molar-refractivity contribution < 1.29 is 4.92 Å². The molecule has 5 nitrogen and oxygen atoms in total. The van der Waals surface area contributed by atoms with Crippen LogP contribution >= 0.6 is 11.3 Å². The second-order valence-electron chi connectivity index (χ2n) is 4.68. The van der Waals surface area contributed by atoms with Crippen LogP contribution in [0.15, 0.2) is 24.3 Å². The molecule has 0 radical (unpaired) electrons. The summed E-state index contributed by atoms with van der Waals surface area (Å²) >= 11 is 1.60. The highest BCUT2D eigenvalue weighted by molar-refractivity contribution is 7.19. The van der Waals surface area contributed by atoms with Crippen molar-refractivity contribution in [3.8, 4) is 0 Å². The first-order valence-corrected chi connectivity index (χ1v) is 6.88. The number of nitro groups is 1. The lowest BCUT2D eigenvalue weighted by atomic mass is 10.1. The third-order valence-electron chi connectivity index (χ3n) is 3.20. The third-order valence-corrected chi connectivity index (χ3v) is 4.31. The average Bonchev–Trinajstić information content (AvgIpc) is 2.81. The van der Waals surface area contributed by atoms with E-state index in [0.717, 1.165) is 29.2 Å². The fourth-order valence-electron chi connectivity index (χ4n) is 2.22. The molecule has 98 valence electrons. The lowest BCUT2D eigenvalue weighted by molar-refractivity contribution is -0.384. The topological polar surface area (TPSA) is 59.3 Å². The Kier molecular flexibility index (Phi) is 3.04. The van der Waals surface area contributed by atoms with E-state index < -0.39 is 0 Å². The highest BCUT2D eigenvalue weighted by Crippen LogP contribution is 2.31. The summed E-state index contributed by atoms with van der Waals surface area (Å²) in [4.78, 5) is 17.2. The number of non-ortho nitro benzene ring substituents is 1. The maximum atomic E-state index is 10.8. The lowest BCUT2D eigenvalue weighted by Gasteiger charge is -2.21. The van der Waals surface area contributed by atoms with Gasteiger partial charge in [-0.15, -0.1) is 11.3 Å². The summed E-state index contributed by atoms with van der Waals surface area (Å²) < 4.78 is 0.995. The maximum absolute atomic E-state index is 10.8. The highest BCUT2D eigenvalue weighted by Gasteiger charge is 2.15. The Morgan fingerprint density at radius 3 is 3.05 bits per heavy atom. The van der Waals surface area contributed by atoms with Crippen LogP contribution in [-0.4, -0.2) is 34.9 Å². The van der Waals surface area contributed by atoms with Gasteiger partial charge in [-0.05, 0) is 25.1 Å². The van der Waals surface area contributed by atoms with Crippen molar-refractivity contribution in [2.45, 2.75) is 6.42 Å². The highest BCUT2D eigenvalue weighted by atomic mass is 32.1. The molecule has 0 bridgehead atoms.